The second-order valence-electron chi connectivity index (χ2n) is 3.94. The number of hydrogen-bond donors (Lipinski definition) is 3. The van der Waals surface area contributed by atoms with E-state index in [2.05, 4.69) is 10.6 Å². The maximum atomic E-state index is 12.9. The molecule has 1 unspecified atom stereocenters. The van der Waals surface area contributed by atoms with Crippen molar-refractivity contribution in [3.05, 3.63) is 34.6 Å². The first-order chi connectivity index (χ1) is 8.93. The third-order valence-electron chi connectivity index (χ3n) is 2.44. The van der Waals surface area contributed by atoms with Crippen molar-refractivity contribution in [3.63, 3.8) is 0 Å². The lowest BCUT2D eigenvalue weighted by Crippen LogP contribution is -2.40. The van der Waals surface area contributed by atoms with Gasteiger partial charge in [-0.3, -0.25) is 9.59 Å². The van der Waals surface area contributed by atoms with Crippen molar-refractivity contribution in [3.8, 4) is 0 Å². The van der Waals surface area contributed by atoms with Gasteiger partial charge in [-0.2, -0.15) is 0 Å². The molecule has 20 heavy (non-hydrogen) atoms. The van der Waals surface area contributed by atoms with Crippen LogP contribution in [0.2, 0.25) is 5.02 Å². The number of carbonyl (C=O) groups excluding carboxylic acids is 2. The van der Waals surface area contributed by atoms with E-state index in [4.69, 9.17) is 17.3 Å². The van der Waals surface area contributed by atoms with E-state index in [1.807, 2.05) is 0 Å². The number of nitrogens with two attached hydrogens (primary N) is 1. The Balaban J connectivity index is 0.00000361. The highest BCUT2D eigenvalue weighted by Crippen LogP contribution is 2.23. The molecule has 1 aromatic carbocycles. The normalized spacial score (nSPS) is 11.2. The molecule has 5 nitrogen and oxygen atoms in total. The molecule has 0 aliphatic carbocycles. The van der Waals surface area contributed by atoms with Crippen LogP contribution < -0.4 is 16.4 Å². The highest BCUT2D eigenvalue weighted by atomic mass is 35.5. The molecule has 0 fully saturated rings. The first kappa shape index (κ1) is 18.6. The van der Waals surface area contributed by atoms with Crippen molar-refractivity contribution in [2.24, 2.45) is 5.73 Å². The van der Waals surface area contributed by atoms with Gasteiger partial charge >= 0.3 is 0 Å². The average Bonchev–Trinajstić information content (AvgIpc) is 2.35. The Kier molecular flexibility index (Phi) is 8.13. The molecule has 2 amide bonds. The van der Waals surface area contributed by atoms with Gasteiger partial charge in [0.15, 0.2) is 0 Å². The van der Waals surface area contributed by atoms with Crippen molar-refractivity contribution in [1.29, 1.82) is 0 Å². The van der Waals surface area contributed by atoms with E-state index in [1.165, 1.54) is 18.2 Å². The fraction of sp³-hybridized carbons (Fsp3) is 0.333. The Morgan fingerprint density at radius 1 is 1.40 bits per heavy atom. The quantitative estimate of drug-likeness (QED) is 0.760. The summed E-state index contributed by atoms with van der Waals surface area (Å²) in [4.78, 5) is 22.4. The van der Waals surface area contributed by atoms with Gasteiger partial charge in [0, 0.05) is 5.02 Å². The maximum Gasteiger partial charge on any atom is 0.239 e. The topological polar surface area (TPSA) is 84.2 Å². The lowest BCUT2D eigenvalue weighted by molar-refractivity contribution is -0.125. The van der Waals surface area contributed by atoms with Gasteiger partial charge in [0.05, 0.1) is 19.1 Å². The number of hydrogen-bond acceptors (Lipinski definition) is 3. The van der Waals surface area contributed by atoms with Crippen LogP contribution >= 0.6 is 24.0 Å². The second kappa shape index (κ2) is 8.73. The fourth-order valence-corrected chi connectivity index (χ4v) is 1.80. The molecule has 112 valence electrons. The number of halogens is 3. The van der Waals surface area contributed by atoms with Gasteiger partial charge in [-0.25, -0.2) is 4.39 Å². The number of benzene rings is 1. The SMILES string of the molecule is CC(NC(=O)CNC(=O)CN)c1ccc(F)cc1Cl.Cl. The van der Waals surface area contributed by atoms with Gasteiger partial charge in [-0.15, -0.1) is 12.4 Å². The molecular formula is C12H16Cl2FN3O2. The molecular weight excluding hydrogens is 308 g/mol. The molecule has 0 heterocycles. The molecule has 0 spiro atoms. The van der Waals surface area contributed by atoms with Gasteiger partial charge in [-0.1, -0.05) is 17.7 Å². The standard InChI is InChI=1S/C12H15ClFN3O2.ClH/c1-7(9-3-2-8(14)4-10(9)13)17-12(19)6-16-11(18)5-15;/h2-4,7H,5-6,15H2,1H3,(H,16,18)(H,17,19);1H. The molecule has 0 saturated heterocycles. The molecule has 0 saturated carbocycles. The van der Waals surface area contributed by atoms with Gasteiger partial charge in [-0.05, 0) is 24.6 Å². The third kappa shape index (κ3) is 5.73. The largest absolute Gasteiger partial charge is 0.348 e. The second-order valence-corrected chi connectivity index (χ2v) is 4.34. The van der Waals surface area contributed by atoms with E-state index in [1.54, 1.807) is 6.92 Å². The van der Waals surface area contributed by atoms with Crippen LogP contribution in [0, 0.1) is 5.82 Å². The Bertz CT molecular complexity index is 486. The lowest BCUT2D eigenvalue weighted by Gasteiger charge is -2.16. The molecule has 1 aromatic rings. The first-order valence-electron chi connectivity index (χ1n) is 5.65. The summed E-state index contributed by atoms with van der Waals surface area (Å²) in [6.45, 7) is 1.37. The number of nitrogens with one attached hydrogen (secondary N) is 2. The van der Waals surface area contributed by atoms with E-state index in [9.17, 15) is 14.0 Å². The van der Waals surface area contributed by atoms with Crippen LogP contribution in [0.25, 0.3) is 0 Å². The number of amides is 2. The van der Waals surface area contributed by atoms with Gasteiger partial charge < -0.3 is 16.4 Å². The van der Waals surface area contributed by atoms with Crippen molar-refractivity contribution in [1.82, 2.24) is 10.6 Å². The van der Waals surface area contributed by atoms with E-state index in [-0.39, 0.29) is 36.4 Å². The highest BCUT2D eigenvalue weighted by molar-refractivity contribution is 6.31. The van der Waals surface area contributed by atoms with Crippen LogP contribution in [-0.4, -0.2) is 24.9 Å². The molecule has 1 rings (SSSR count). The molecule has 1 atom stereocenters. The summed E-state index contributed by atoms with van der Waals surface area (Å²) in [5.41, 5.74) is 5.69. The smallest absolute Gasteiger partial charge is 0.239 e. The summed E-state index contributed by atoms with van der Waals surface area (Å²) >= 11 is 5.88. The molecule has 8 heteroatoms. The van der Waals surface area contributed by atoms with E-state index >= 15 is 0 Å². The Morgan fingerprint density at radius 3 is 2.60 bits per heavy atom. The van der Waals surface area contributed by atoms with Crippen molar-refractivity contribution in [2.45, 2.75) is 13.0 Å². The monoisotopic (exact) mass is 323 g/mol. The predicted octanol–water partition coefficient (Wildman–Crippen LogP) is 1.15. The molecule has 0 aromatic heterocycles. The zero-order valence-corrected chi connectivity index (χ0v) is 12.4. The van der Waals surface area contributed by atoms with Crippen LogP contribution in [-0.2, 0) is 9.59 Å². The molecule has 4 N–H and O–H groups in total. The summed E-state index contributed by atoms with van der Waals surface area (Å²) < 4.78 is 12.9. The Labute approximate surface area is 127 Å². The van der Waals surface area contributed by atoms with Crippen molar-refractivity contribution < 1.29 is 14.0 Å². The van der Waals surface area contributed by atoms with Crippen LogP contribution in [0.15, 0.2) is 18.2 Å². The Morgan fingerprint density at radius 2 is 2.05 bits per heavy atom. The summed E-state index contributed by atoms with van der Waals surface area (Å²) in [6, 6.07) is 3.55. The summed E-state index contributed by atoms with van der Waals surface area (Å²) in [5, 5.41) is 5.21. The lowest BCUT2D eigenvalue weighted by atomic mass is 10.1. The van der Waals surface area contributed by atoms with Gasteiger partial charge in [0.2, 0.25) is 11.8 Å². The van der Waals surface area contributed by atoms with Gasteiger partial charge in [0.25, 0.3) is 0 Å². The zero-order chi connectivity index (χ0) is 14.4. The summed E-state index contributed by atoms with van der Waals surface area (Å²) in [6.07, 6.45) is 0. The number of rotatable bonds is 5. The van der Waals surface area contributed by atoms with E-state index < -0.39 is 17.8 Å². The van der Waals surface area contributed by atoms with E-state index in [0.29, 0.717) is 5.56 Å². The minimum atomic E-state index is -0.442. The van der Waals surface area contributed by atoms with Crippen molar-refractivity contribution in [2.75, 3.05) is 13.1 Å². The van der Waals surface area contributed by atoms with Crippen molar-refractivity contribution >= 4 is 35.8 Å². The van der Waals surface area contributed by atoms with Crippen LogP contribution in [0.5, 0.6) is 0 Å². The maximum absolute atomic E-state index is 12.9. The zero-order valence-electron chi connectivity index (χ0n) is 10.8. The predicted molar refractivity (Wildman–Crippen MR) is 77.3 cm³/mol. The Hall–Kier alpha value is -1.37. The highest BCUT2D eigenvalue weighted by Gasteiger charge is 2.13. The first-order valence-corrected chi connectivity index (χ1v) is 6.03. The molecule has 0 aliphatic rings. The molecule has 0 aliphatic heterocycles. The summed E-state index contributed by atoms with van der Waals surface area (Å²) in [5.74, 6) is -1.24. The minimum Gasteiger partial charge on any atom is -0.348 e. The number of carbonyl (C=O) groups is 2. The van der Waals surface area contributed by atoms with Crippen LogP contribution in [0.1, 0.15) is 18.5 Å². The minimum absolute atomic E-state index is 0. The van der Waals surface area contributed by atoms with E-state index in [0.717, 1.165) is 0 Å². The fourth-order valence-electron chi connectivity index (χ4n) is 1.47. The van der Waals surface area contributed by atoms with Crippen LogP contribution in [0.3, 0.4) is 0 Å². The molecule has 0 radical (unpaired) electrons. The summed E-state index contributed by atoms with van der Waals surface area (Å²) in [7, 11) is 0. The third-order valence-corrected chi connectivity index (χ3v) is 2.77. The van der Waals surface area contributed by atoms with Crippen LogP contribution in [0.4, 0.5) is 4.39 Å². The molecule has 0 bridgehead atoms. The van der Waals surface area contributed by atoms with Gasteiger partial charge in [0.1, 0.15) is 5.82 Å². The average molecular weight is 324 g/mol.